The monoisotopic (exact) mass is 386 g/mol. The van der Waals surface area contributed by atoms with Crippen molar-refractivity contribution >= 4 is 22.5 Å². The zero-order chi connectivity index (χ0) is 19.9. The normalized spacial score (nSPS) is 11.7. The van der Waals surface area contributed by atoms with Crippen LogP contribution in [0.4, 0.5) is 24.7 Å². The summed E-state index contributed by atoms with van der Waals surface area (Å²) in [5.74, 6) is -0.258. The van der Waals surface area contributed by atoms with Crippen molar-refractivity contribution in [3.63, 3.8) is 0 Å². The maximum Gasteiger partial charge on any atom is 0.416 e. The first-order valence-corrected chi connectivity index (χ1v) is 8.11. The van der Waals surface area contributed by atoms with Gasteiger partial charge in [-0.1, -0.05) is 12.1 Å². The standard InChI is InChI=1S/C19H13F3N4O2/c20-19(21,22)11-2-1-3-12(7-11)26-18-16-13(8-23-17(16)24-9-25-18)10-4-5-14(27)15(28)6-10/h1-9,27-28H,(H2,23,24,25,26). The maximum absolute atomic E-state index is 13.0. The molecule has 0 fully saturated rings. The Balaban J connectivity index is 1.80. The number of aromatic amines is 1. The van der Waals surface area contributed by atoms with E-state index in [2.05, 4.69) is 20.3 Å². The summed E-state index contributed by atoms with van der Waals surface area (Å²) in [5.41, 5.74) is 1.09. The molecule has 0 aliphatic rings. The van der Waals surface area contributed by atoms with Crippen molar-refractivity contribution < 1.29 is 23.4 Å². The fourth-order valence-corrected chi connectivity index (χ4v) is 2.89. The lowest BCUT2D eigenvalue weighted by molar-refractivity contribution is -0.137. The zero-order valence-electron chi connectivity index (χ0n) is 14.1. The largest absolute Gasteiger partial charge is 0.504 e. The van der Waals surface area contributed by atoms with E-state index in [0.717, 1.165) is 12.1 Å². The Morgan fingerprint density at radius 1 is 0.964 bits per heavy atom. The van der Waals surface area contributed by atoms with Crippen molar-refractivity contribution in [1.29, 1.82) is 0 Å². The maximum atomic E-state index is 13.0. The van der Waals surface area contributed by atoms with Gasteiger partial charge in [0.25, 0.3) is 0 Å². The molecular weight excluding hydrogens is 373 g/mol. The van der Waals surface area contributed by atoms with E-state index < -0.39 is 11.7 Å². The molecule has 9 heteroatoms. The van der Waals surface area contributed by atoms with Crippen molar-refractivity contribution in [3.8, 4) is 22.6 Å². The predicted octanol–water partition coefficient (Wildman–Crippen LogP) is 4.80. The third-order valence-electron chi connectivity index (χ3n) is 4.21. The van der Waals surface area contributed by atoms with E-state index in [9.17, 15) is 23.4 Å². The molecule has 0 amide bonds. The van der Waals surface area contributed by atoms with Gasteiger partial charge in [0.2, 0.25) is 0 Å². The summed E-state index contributed by atoms with van der Waals surface area (Å²) in [4.78, 5) is 11.3. The fraction of sp³-hybridized carbons (Fsp3) is 0.0526. The SMILES string of the molecule is Oc1ccc(-c2c[nH]c3ncnc(Nc4cccc(C(F)(F)F)c4)c23)cc1O. The molecule has 0 saturated heterocycles. The molecule has 4 N–H and O–H groups in total. The molecule has 4 rings (SSSR count). The van der Waals surface area contributed by atoms with Crippen LogP contribution in [-0.4, -0.2) is 25.2 Å². The molecule has 0 unspecified atom stereocenters. The van der Waals surface area contributed by atoms with Gasteiger partial charge in [0.15, 0.2) is 11.5 Å². The molecule has 142 valence electrons. The smallest absolute Gasteiger partial charge is 0.416 e. The van der Waals surface area contributed by atoms with Crippen LogP contribution >= 0.6 is 0 Å². The number of alkyl halides is 3. The molecular formula is C19H13F3N4O2. The van der Waals surface area contributed by atoms with Crippen molar-refractivity contribution in [3.05, 3.63) is 60.6 Å². The second kappa shape index (κ2) is 6.45. The molecule has 0 spiro atoms. The highest BCUT2D eigenvalue weighted by Crippen LogP contribution is 2.37. The number of nitrogens with zero attached hydrogens (tertiary/aromatic N) is 2. The van der Waals surface area contributed by atoms with E-state index in [1.165, 1.54) is 30.6 Å². The average Bonchev–Trinajstić information content (AvgIpc) is 3.09. The summed E-state index contributed by atoms with van der Waals surface area (Å²) in [6, 6.07) is 9.10. The van der Waals surface area contributed by atoms with Gasteiger partial charge in [-0.05, 0) is 35.9 Å². The molecule has 2 aromatic heterocycles. The molecule has 0 radical (unpaired) electrons. The van der Waals surface area contributed by atoms with Crippen LogP contribution in [0.25, 0.3) is 22.2 Å². The lowest BCUT2D eigenvalue weighted by Crippen LogP contribution is -2.05. The van der Waals surface area contributed by atoms with Crippen molar-refractivity contribution in [2.75, 3.05) is 5.32 Å². The first-order valence-electron chi connectivity index (χ1n) is 8.11. The molecule has 6 nitrogen and oxygen atoms in total. The first kappa shape index (κ1) is 17.7. The van der Waals surface area contributed by atoms with Crippen LogP contribution in [0.5, 0.6) is 11.5 Å². The molecule has 0 saturated carbocycles. The summed E-state index contributed by atoms with van der Waals surface area (Å²) in [6.45, 7) is 0. The van der Waals surface area contributed by atoms with Crippen molar-refractivity contribution in [2.24, 2.45) is 0 Å². The van der Waals surface area contributed by atoms with Gasteiger partial charge < -0.3 is 20.5 Å². The molecule has 0 aliphatic heterocycles. The number of nitrogens with one attached hydrogen (secondary N) is 2. The fourth-order valence-electron chi connectivity index (χ4n) is 2.89. The third-order valence-corrected chi connectivity index (χ3v) is 4.21. The second-order valence-corrected chi connectivity index (χ2v) is 6.06. The van der Waals surface area contributed by atoms with Crippen molar-refractivity contribution in [2.45, 2.75) is 6.18 Å². The lowest BCUT2D eigenvalue weighted by Gasteiger charge is -2.11. The van der Waals surface area contributed by atoms with Gasteiger partial charge >= 0.3 is 6.18 Å². The van der Waals surface area contributed by atoms with E-state index in [4.69, 9.17) is 0 Å². The van der Waals surface area contributed by atoms with Gasteiger partial charge in [-0.15, -0.1) is 0 Å². The number of H-pyrrole nitrogens is 1. The summed E-state index contributed by atoms with van der Waals surface area (Å²) < 4.78 is 38.9. The molecule has 0 aliphatic carbocycles. The van der Waals surface area contributed by atoms with Gasteiger partial charge in [-0.2, -0.15) is 13.2 Å². The van der Waals surface area contributed by atoms with E-state index in [1.807, 2.05) is 0 Å². The molecule has 0 bridgehead atoms. The Morgan fingerprint density at radius 3 is 2.54 bits per heavy atom. The zero-order valence-corrected chi connectivity index (χ0v) is 14.1. The molecule has 2 heterocycles. The third kappa shape index (κ3) is 3.18. The lowest BCUT2D eigenvalue weighted by atomic mass is 10.1. The highest BCUT2D eigenvalue weighted by molar-refractivity contribution is 6.02. The summed E-state index contributed by atoms with van der Waals surface area (Å²) >= 11 is 0. The van der Waals surface area contributed by atoms with Crippen LogP contribution in [0.3, 0.4) is 0 Å². The summed E-state index contributed by atoms with van der Waals surface area (Å²) in [6.07, 6.45) is -1.53. The number of phenolic OH excluding ortho intramolecular Hbond substituents is 2. The number of benzene rings is 2. The van der Waals surface area contributed by atoms with E-state index >= 15 is 0 Å². The van der Waals surface area contributed by atoms with Crippen LogP contribution in [0.1, 0.15) is 5.56 Å². The quantitative estimate of drug-likeness (QED) is 0.380. The molecule has 2 aromatic carbocycles. The van der Waals surface area contributed by atoms with E-state index in [0.29, 0.717) is 28.0 Å². The van der Waals surface area contributed by atoms with Gasteiger partial charge in [0.05, 0.1) is 10.9 Å². The van der Waals surface area contributed by atoms with Crippen LogP contribution in [0.2, 0.25) is 0 Å². The van der Waals surface area contributed by atoms with E-state index in [1.54, 1.807) is 12.3 Å². The Kier molecular flexibility index (Phi) is 4.07. The molecule has 4 aromatic rings. The van der Waals surface area contributed by atoms with Gasteiger partial charge in [0, 0.05) is 17.4 Å². The minimum absolute atomic E-state index is 0.218. The Hall–Kier alpha value is -3.75. The van der Waals surface area contributed by atoms with Crippen LogP contribution < -0.4 is 5.32 Å². The Labute approximate surface area is 156 Å². The Morgan fingerprint density at radius 2 is 1.79 bits per heavy atom. The summed E-state index contributed by atoms with van der Waals surface area (Å²) in [5, 5.41) is 22.7. The van der Waals surface area contributed by atoms with Crippen LogP contribution in [0.15, 0.2) is 55.0 Å². The van der Waals surface area contributed by atoms with Crippen LogP contribution in [-0.2, 0) is 6.18 Å². The first-order chi connectivity index (χ1) is 13.3. The average molecular weight is 386 g/mol. The topological polar surface area (TPSA) is 94.1 Å². The number of rotatable bonds is 3. The number of aromatic hydroxyl groups is 2. The number of hydrogen-bond donors (Lipinski definition) is 4. The number of fused-ring (bicyclic) bond motifs is 1. The molecule has 28 heavy (non-hydrogen) atoms. The number of anilines is 2. The number of phenols is 2. The van der Waals surface area contributed by atoms with E-state index in [-0.39, 0.29) is 17.2 Å². The summed E-state index contributed by atoms with van der Waals surface area (Å²) in [7, 11) is 0. The van der Waals surface area contributed by atoms with Gasteiger partial charge in [-0.3, -0.25) is 0 Å². The minimum Gasteiger partial charge on any atom is -0.504 e. The minimum atomic E-state index is -4.46. The highest BCUT2D eigenvalue weighted by atomic mass is 19.4. The number of halogens is 3. The van der Waals surface area contributed by atoms with Gasteiger partial charge in [0.1, 0.15) is 17.8 Å². The van der Waals surface area contributed by atoms with Gasteiger partial charge in [-0.25, -0.2) is 9.97 Å². The molecule has 0 atom stereocenters. The number of aromatic nitrogens is 3. The number of hydrogen-bond acceptors (Lipinski definition) is 5. The predicted molar refractivity (Wildman–Crippen MR) is 97.4 cm³/mol. The van der Waals surface area contributed by atoms with Crippen LogP contribution in [0, 0.1) is 0 Å². The highest BCUT2D eigenvalue weighted by Gasteiger charge is 2.30. The second-order valence-electron chi connectivity index (χ2n) is 6.06. The Bertz CT molecular complexity index is 1170. The van der Waals surface area contributed by atoms with Crippen molar-refractivity contribution in [1.82, 2.24) is 15.0 Å².